The van der Waals surface area contributed by atoms with Crippen LogP contribution in [0, 0.1) is 5.41 Å². The molecule has 0 aliphatic carbocycles. The summed E-state index contributed by atoms with van der Waals surface area (Å²) in [5.74, 6) is -0.0684. The maximum Gasteiger partial charge on any atom is 0.305 e. The number of unbranched alkanes of at least 4 members (excludes halogenated alkanes) is 3. The predicted molar refractivity (Wildman–Crippen MR) is 79.7 cm³/mol. The monoisotopic (exact) mass is 297 g/mol. The molecule has 0 radical (unpaired) electrons. The summed E-state index contributed by atoms with van der Waals surface area (Å²) in [6.07, 6.45) is 5.53. The van der Waals surface area contributed by atoms with Crippen molar-refractivity contribution in [3.05, 3.63) is 0 Å². The summed E-state index contributed by atoms with van der Waals surface area (Å²) in [6, 6.07) is -0.271. The van der Waals surface area contributed by atoms with Crippen LogP contribution in [0.25, 0.3) is 0 Å². The molecule has 120 valence electrons. The molecule has 1 amide bonds. The molecule has 5 nitrogen and oxygen atoms in total. The fourth-order valence-corrected chi connectivity index (χ4v) is 2.79. The molecule has 0 bridgehead atoms. The number of esters is 1. The van der Waals surface area contributed by atoms with Gasteiger partial charge in [-0.25, -0.2) is 0 Å². The van der Waals surface area contributed by atoms with Crippen LogP contribution in [0.5, 0.6) is 0 Å². The second-order valence-electron chi connectivity index (χ2n) is 6.26. The Morgan fingerprint density at radius 1 is 1.33 bits per heavy atom. The molecule has 1 unspecified atom stereocenters. The minimum Gasteiger partial charge on any atom is -0.466 e. The van der Waals surface area contributed by atoms with Gasteiger partial charge >= 0.3 is 5.97 Å². The van der Waals surface area contributed by atoms with Gasteiger partial charge in [0.15, 0.2) is 0 Å². The zero-order chi connectivity index (χ0) is 15.9. The Balaban J connectivity index is 2.21. The first kappa shape index (κ1) is 17.7. The van der Waals surface area contributed by atoms with Crippen molar-refractivity contribution in [2.45, 2.75) is 65.3 Å². The lowest BCUT2D eigenvalue weighted by molar-refractivity contribution is -0.143. The molecule has 5 heteroatoms. The number of nitrogens with zero attached hydrogens (tertiary/aromatic N) is 1. The van der Waals surface area contributed by atoms with Gasteiger partial charge in [-0.2, -0.15) is 0 Å². The van der Waals surface area contributed by atoms with E-state index in [2.05, 4.69) is 0 Å². The summed E-state index contributed by atoms with van der Waals surface area (Å²) in [5.41, 5.74) is -0.421. The van der Waals surface area contributed by atoms with Gasteiger partial charge in [0.1, 0.15) is 6.29 Å². The molecule has 1 rings (SSSR count). The molecule has 0 N–H and O–H groups in total. The van der Waals surface area contributed by atoms with Gasteiger partial charge in [0.25, 0.3) is 0 Å². The Labute approximate surface area is 127 Å². The minimum absolute atomic E-state index is 0.0751. The van der Waals surface area contributed by atoms with Crippen molar-refractivity contribution in [1.82, 2.24) is 4.90 Å². The van der Waals surface area contributed by atoms with Crippen molar-refractivity contribution in [1.29, 1.82) is 0 Å². The van der Waals surface area contributed by atoms with Crippen molar-refractivity contribution in [3.8, 4) is 0 Å². The third kappa shape index (κ3) is 5.14. The Morgan fingerprint density at radius 2 is 2.00 bits per heavy atom. The highest BCUT2D eigenvalue weighted by Crippen LogP contribution is 2.34. The van der Waals surface area contributed by atoms with Crippen molar-refractivity contribution >= 4 is 18.2 Å². The molecule has 21 heavy (non-hydrogen) atoms. The molecular formula is C16H27NO4. The molecule has 0 aromatic carbocycles. The Morgan fingerprint density at radius 3 is 2.62 bits per heavy atom. The zero-order valence-electron chi connectivity index (χ0n) is 13.4. The van der Waals surface area contributed by atoms with Crippen molar-refractivity contribution in [3.63, 3.8) is 0 Å². The minimum atomic E-state index is -0.421. The number of hydrogen-bond acceptors (Lipinski definition) is 4. The van der Waals surface area contributed by atoms with E-state index >= 15 is 0 Å². The van der Waals surface area contributed by atoms with Gasteiger partial charge in [0.2, 0.25) is 5.91 Å². The fourth-order valence-electron chi connectivity index (χ4n) is 2.79. The maximum atomic E-state index is 12.2. The van der Waals surface area contributed by atoms with Crippen LogP contribution in [0.15, 0.2) is 0 Å². The lowest BCUT2D eigenvalue weighted by atomic mass is 9.90. The highest BCUT2D eigenvalue weighted by molar-refractivity contribution is 5.88. The van der Waals surface area contributed by atoms with Crippen molar-refractivity contribution < 1.29 is 19.1 Å². The van der Waals surface area contributed by atoms with Crippen molar-refractivity contribution in [2.24, 2.45) is 5.41 Å². The number of carbonyl (C=O) groups excluding carboxylic acids is 3. The Hall–Kier alpha value is -1.39. The average molecular weight is 297 g/mol. The molecule has 0 aromatic heterocycles. The van der Waals surface area contributed by atoms with Crippen LogP contribution in [0.3, 0.4) is 0 Å². The first-order chi connectivity index (χ1) is 9.92. The van der Waals surface area contributed by atoms with E-state index in [-0.39, 0.29) is 17.9 Å². The number of ether oxygens (including phenoxy) is 1. The largest absolute Gasteiger partial charge is 0.466 e. The summed E-state index contributed by atoms with van der Waals surface area (Å²) < 4.78 is 4.86. The molecule has 0 spiro atoms. The van der Waals surface area contributed by atoms with E-state index < -0.39 is 5.41 Å². The molecule has 1 heterocycles. The van der Waals surface area contributed by atoms with Crippen LogP contribution in [0.4, 0.5) is 0 Å². The van der Waals surface area contributed by atoms with E-state index in [1.54, 1.807) is 11.8 Å². The van der Waals surface area contributed by atoms with Gasteiger partial charge < -0.3 is 14.4 Å². The summed E-state index contributed by atoms with van der Waals surface area (Å²) in [7, 11) is 0. The van der Waals surface area contributed by atoms with Gasteiger partial charge in [0.05, 0.1) is 12.6 Å². The molecule has 0 saturated carbocycles. The number of amides is 1. The zero-order valence-corrected chi connectivity index (χ0v) is 13.4. The number of carbonyl (C=O) groups is 3. The second-order valence-corrected chi connectivity index (χ2v) is 6.26. The third-order valence-corrected chi connectivity index (χ3v) is 3.95. The summed E-state index contributed by atoms with van der Waals surface area (Å²) in [6.45, 7) is 6.65. The second kappa shape index (κ2) is 8.15. The molecule has 1 saturated heterocycles. The molecule has 1 atom stereocenters. The lowest BCUT2D eigenvalue weighted by Gasteiger charge is -2.21. The molecule has 1 aliphatic rings. The Bertz CT molecular complexity index is 378. The summed E-state index contributed by atoms with van der Waals surface area (Å²) in [4.78, 5) is 36.1. The van der Waals surface area contributed by atoms with E-state index in [1.165, 1.54) is 0 Å². The molecule has 1 aliphatic heterocycles. The molecule has 0 aromatic rings. The number of aldehydes is 1. The SMILES string of the molecule is CCOC(=O)CCCCCCN1C(=O)C(C)(C)CC1C=O. The van der Waals surface area contributed by atoms with Crippen LogP contribution in [0.1, 0.15) is 59.3 Å². The van der Waals surface area contributed by atoms with Gasteiger partial charge in [0, 0.05) is 18.4 Å². The lowest BCUT2D eigenvalue weighted by Crippen LogP contribution is -2.36. The first-order valence-corrected chi connectivity index (χ1v) is 7.84. The van der Waals surface area contributed by atoms with E-state index in [0.717, 1.165) is 32.0 Å². The fraction of sp³-hybridized carbons (Fsp3) is 0.812. The number of likely N-dealkylation sites (tertiary alicyclic amines) is 1. The maximum absolute atomic E-state index is 12.2. The summed E-state index contributed by atoms with van der Waals surface area (Å²) >= 11 is 0. The van der Waals surface area contributed by atoms with Gasteiger partial charge in [-0.3, -0.25) is 9.59 Å². The van der Waals surface area contributed by atoms with E-state index in [1.807, 2.05) is 13.8 Å². The number of rotatable bonds is 9. The van der Waals surface area contributed by atoms with Gasteiger partial charge in [-0.05, 0) is 26.2 Å². The van der Waals surface area contributed by atoms with Crippen LogP contribution in [-0.2, 0) is 19.1 Å². The topological polar surface area (TPSA) is 63.7 Å². The third-order valence-electron chi connectivity index (χ3n) is 3.95. The predicted octanol–water partition coefficient (Wildman–Crippen LogP) is 2.33. The standard InChI is InChI=1S/C16H27NO4/c1-4-21-14(19)9-7-5-6-8-10-17-13(12-18)11-16(2,3)15(17)20/h12-13H,4-11H2,1-3H3. The van der Waals surface area contributed by atoms with E-state index in [4.69, 9.17) is 4.74 Å². The van der Waals surface area contributed by atoms with Crippen LogP contribution in [-0.4, -0.2) is 42.3 Å². The quantitative estimate of drug-likeness (QED) is 0.372. The normalized spacial score (nSPS) is 20.6. The summed E-state index contributed by atoms with van der Waals surface area (Å²) in [5, 5.41) is 0. The Kier molecular flexibility index (Phi) is 6.85. The van der Waals surface area contributed by atoms with Crippen LogP contribution in [0.2, 0.25) is 0 Å². The molecular weight excluding hydrogens is 270 g/mol. The van der Waals surface area contributed by atoms with Crippen LogP contribution < -0.4 is 0 Å². The van der Waals surface area contributed by atoms with Crippen molar-refractivity contribution in [2.75, 3.05) is 13.2 Å². The van der Waals surface area contributed by atoms with Gasteiger partial charge in [-0.1, -0.05) is 26.7 Å². The van der Waals surface area contributed by atoms with Crippen LogP contribution >= 0.6 is 0 Å². The number of hydrogen-bond donors (Lipinski definition) is 0. The van der Waals surface area contributed by atoms with E-state index in [9.17, 15) is 14.4 Å². The molecule has 1 fully saturated rings. The van der Waals surface area contributed by atoms with E-state index in [0.29, 0.717) is 26.0 Å². The highest BCUT2D eigenvalue weighted by atomic mass is 16.5. The first-order valence-electron chi connectivity index (χ1n) is 7.84. The average Bonchev–Trinajstić information content (AvgIpc) is 2.65. The van der Waals surface area contributed by atoms with Gasteiger partial charge in [-0.15, -0.1) is 0 Å². The highest BCUT2D eigenvalue weighted by Gasteiger charge is 2.44. The smallest absolute Gasteiger partial charge is 0.305 e.